The summed E-state index contributed by atoms with van der Waals surface area (Å²) in [7, 11) is 0. The number of ether oxygens (including phenoxy) is 1. The van der Waals surface area contributed by atoms with Gasteiger partial charge in [-0.2, -0.15) is 0 Å². The van der Waals surface area contributed by atoms with E-state index in [1.54, 1.807) is 0 Å². The van der Waals surface area contributed by atoms with E-state index in [0.717, 1.165) is 6.61 Å². The summed E-state index contributed by atoms with van der Waals surface area (Å²) in [5.41, 5.74) is 0.427. The minimum absolute atomic E-state index is 0.132. The quantitative estimate of drug-likeness (QED) is 0.505. The van der Waals surface area contributed by atoms with Gasteiger partial charge in [0.15, 0.2) is 0 Å². The SMILES string of the molecule is CC(C)(C)[C@@]1(C)CCCO1. The zero-order chi connectivity index (χ0) is 7.83. The Bertz CT molecular complexity index is 115. The molecule has 1 aliphatic rings. The van der Waals surface area contributed by atoms with Gasteiger partial charge >= 0.3 is 0 Å². The summed E-state index contributed by atoms with van der Waals surface area (Å²) in [6.07, 6.45) is 2.45. The third-order valence-corrected chi connectivity index (χ3v) is 2.81. The van der Waals surface area contributed by atoms with Gasteiger partial charge in [0.25, 0.3) is 0 Å². The van der Waals surface area contributed by atoms with E-state index in [0.29, 0.717) is 5.41 Å². The number of hydrogen-bond donors (Lipinski definition) is 0. The normalized spacial score (nSPS) is 34.8. The maximum Gasteiger partial charge on any atom is 0.0703 e. The smallest absolute Gasteiger partial charge is 0.0703 e. The molecule has 1 nitrogen and oxygen atoms in total. The highest BCUT2D eigenvalue weighted by atomic mass is 16.5. The standard InChI is InChI=1S/C9H18O/c1-8(2,3)9(4)6-5-7-10-9/h5-7H2,1-4H3/t9-/m1/s1. The molecule has 1 saturated heterocycles. The predicted molar refractivity (Wildman–Crippen MR) is 43.0 cm³/mol. The van der Waals surface area contributed by atoms with Crippen LogP contribution < -0.4 is 0 Å². The Balaban J connectivity index is 2.67. The lowest BCUT2D eigenvalue weighted by Crippen LogP contribution is -2.38. The minimum Gasteiger partial charge on any atom is -0.375 e. The fourth-order valence-electron chi connectivity index (χ4n) is 1.37. The Labute approximate surface area is 63.8 Å². The van der Waals surface area contributed by atoms with Crippen molar-refractivity contribution in [1.82, 2.24) is 0 Å². The van der Waals surface area contributed by atoms with Crippen LogP contribution >= 0.6 is 0 Å². The third kappa shape index (κ3) is 1.20. The molecule has 0 aromatic heterocycles. The van der Waals surface area contributed by atoms with Crippen LogP contribution in [0.2, 0.25) is 0 Å². The van der Waals surface area contributed by atoms with Crippen molar-refractivity contribution in [2.45, 2.75) is 46.1 Å². The molecule has 0 unspecified atom stereocenters. The highest BCUT2D eigenvalue weighted by molar-refractivity contribution is 4.90. The number of hydrogen-bond acceptors (Lipinski definition) is 1. The molecule has 0 saturated carbocycles. The molecular formula is C9H18O. The van der Waals surface area contributed by atoms with E-state index < -0.39 is 0 Å². The van der Waals surface area contributed by atoms with Crippen LogP contribution in [0.3, 0.4) is 0 Å². The fraction of sp³-hybridized carbons (Fsp3) is 1.00. The molecule has 1 atom stereocenters. The van der Waals surface area contributed by atoms with Crippen molar-refractivity contribution < 1.29 is 4.74 Å². The Morgan fingerprint density at radius 1 is 1.30 bits per heavy atom. The summed E-state index contributed by atoms with van der Waals surface area (Å²) >= 11 is 0. The molecule has 1 aliphatic heterocycles. The molecule has 1 heteroatoms. The molecule has 0 radical (unpaired) electrons. The van der Waals surface area contributed by atoms with Crippen LogP contribution in [0, 0.1) is 5.41 Å². The van der Waals surface area contributed by atoms with Crippen molar-refractivity contribution >= 4 is 0 Å². The zero-order valence-electron chi connectivity index (χ0n) is 7.53. The average Bonchev–Trinajstić information content (AvgIpc) is 2.13. The van der Waals surface area contributed by atoms with E-state index in [9.17, 15) is 0 Å². The maximum atomic E-state index is 5.70. The van der Waals surface area contributed by atoms with Gasteiger partial charge in [-0.15, -0.1) is 0 Å². The van der Waals surface area contributed by atoms with Crippen molar-refractivity contribution in [3.8, 4) is 0 Å². The summed E-state index contributed by atoms with van der Waals surface area (Å²) in [5.74, 6) is 0. The molecule has 1 heterocycles. The zero-order valence-corrected chi connectivity index (χ0v) is 7.53. The van der Waals surface area contributed by atoms with E-state index in [1.165, 1.54) is 12.8 Å². The Morgan fingerprint density at radius 2 is 1.90 bits per heavy atom. The summed E-state index contributed by atoms with van der Waals surface area (Å²) in [6, 6.07) is 0. The molecule has 0 spiro atoms. The first kappa shape index (κ1) is 8.06. The third-order valence-electron chi connectivity index (χ3n) is 2.81. The topological polar surface area (TPSA) is 9.23 Å². The van der Waals surface area contributed by atoms with Gasteiger partial charge in [0.2, 0.25) is 0 Å². The van der Waals surface area contributed by atoms with Crippen LogP contribution in [-0.4, -0.2) is 12.2 Å². The van der Waals surface area contributed by atoms with E-state index in [-0.39, 0.29) is 5.60 Å². The van der Waals surface area contributed by atoms with Crippen LogP contribution in [0.1, 0.15) is 40.5 Å². The van der Waals surface area contributed by atoms with E-state index >= 15 is 0 Å². The highest BCUT2D eigenvalue weighted by Gasteiger charge is 2.40. The Kier molecular flexibility index (Phi) is 1.80. The predicted octanol–water partition coefficient (Wildman–Crippen LogP) is 2.60. The first-order valence-corrected chi connectivity index (χ1v) is 4.10. The Morgan fingerprint density at radius 3 is 2.10 bits per heavy atom. The molecule has 0 aliphatic carbocycles. The second kappa shape index (κ2) is 2.23. The first-order chi connectivity index (χ1) is 4.46. The molecule has 0 amide bonds. The van der Waals surface area contributed by atoms with Crippen LogP contribution in [0.25, 0.3) is 0 Å². The minimum atomic E-state index is 0.132. The van der Waals surface area contributed by atoms with Gasteiger partial charge in [0.05, 0.1) is 5.60 Å². The molecular weight excluding hydrogens is 124 g/mol. The van der Waals surface area contributed by atoms with Crippen LogP contribution in [0.4, 0.5) is 0 Å². The molecule has 10 heavy (non-hydrogen) atoms. The summed E-state index contributed by atoms with van der Waals surface area (Å²) in [6.45, 7) is 9.92. The van der Waals surface area contributed by atoms with Gasteiger partial charge in [0.1, 0.15) is 0 Å². The lowest BCUT2D eigenvalue weighted by molar-refractivity contribution is -0.0625. The fourth-order valence-corrected chi connectivity index (χ4v) is 1.37. The van der Waals surface area contributed by atoms with Gasteiger partial charge in [0, 0.05) is 6.61 Å². The highest BCUT2D eigenvalue weighted by Crippen LogP contribution is 2.40. The maximum absolute atomic E-state index is 5.70. The first-order valence-electron chi connectivity index (χ1n) is 4.10. The second-order valence-corrected chi connectivity index (χ2v) is 4.43. The number of rotatable bonds is 0. The van der Waals surface area contributed by atoms with E-state index in [2.05, 4.69) is 27.7 Å². The lowest BCUT2D eigenvalue weighted by Gasteiger charge is -2.37. The van der Waals surface area contributed by atoms with Gasteiger partial charge in [-0.05, 0) is 25.2 Å². The molecule has 1 rings (SSSR count). The van der Waals surface area contributed by atoms with Gasteiger partial charge < -0.3 is 4.74 Å². The van der Waals surface area contributed by atoms with Crippen molar-refractivity contribution in [3.63, 3.8) is 0 Å². The van der Waals surface area contributed by atoms with Crippen molar-refractivity contribution in [2.75, 3.05) is 6.61 Å². The Hall–Kier alpha value is -0.0400. The monoisotopic (exact) mass is 142 g/mol. The second-order valence-electron chi connectivity index (χ2n) is 4.43. The molecule has 0 aromatic carbocycles. The van der Waals surface area contributed by atoms with Crippen molar-refractivity contribution in [1.29, 1.82) is 0 Å². The van der Waals surface area contributed by atoms with E-state index in [1.807, 2.05) is 0 Å². The van der Waals surface area contributed by atoms with Crippen LogP contribution in [0.15, 0.2) is 0 Å². The van der Waals surface area contributed by atoms with Crippen molar-refractivity contribution in [3.05, 3.63) is 0 Å². The van der Waals surface area contributed by atoms with Gasteiger partial charge in [-0.1, -0.05) is 20.8 Å². The summed E-state index contributed by atoms with van der Waals surface area (Å²) < 4.78 is 5.70. The molecule has 60 valence electrons. The van der Waals surface area contributed by atoms with Gasteiger partial charge in [-0.3, -0.25) is 0 Å². The average molecular weight is 142 g/mol. The molecule has 1 fully saturated rings. The van der Waals surface area contributed by atoms with Crippen LogP contribution in [-0.2, 0) is 4.74 Å². The van der Waals surface area contributed by atoms with E-state index in [4.69, 9.17) is 4.74 Å². The molecule has 0 bridgehead atoms. The van der Waals surface area contributed by atoms with Crippen molar-refractivity contribution in [2.24, 2.45) is 5.41 Å². The summed E-state index contributed by atoms with van der Waals surface area (Å²) in [4.78, 5) is 0. The summed E-state index contributed by atoms with van der Waals surface area (Å²) in [5, 5.41) is 0. The largest absolute Gasteiger partial charge is 0.375 e. The molecule has 0 N–H and O–H groups in total. The van der Waals surface area contributed by atoms with Crippen LogP contribution in [0.5, 0.6) is 0 Å². The van der Waals surface area contributed by atoms with Gasteiger partial charge in [-0.25, -0.2) is 0 Å². The molecule has 0 aromatic rings. The lowest BCUT2D eigenvalue weighted by atomic mass is 9.76.